The Kier molecular flexibility index (Phi) is 5.88. The van der Waals surface area contributed by atoms with E-state index in [0.717, 1.165) is 11.3 Å². The molecule has 27 heavy (non-hydrogen) atoms. The number of benzene rings is 2. The van der Waals surface area contributed by atoms with Crippen molar-refractivity contribution in [1.82, 2.24) is 9.97 Å². The minimum Gasteiger partial charge on any atom is -0.496 e. The Bertz CT molecular complexity index is 945. The summed E-state index contributed by atoms with van der Waals surface area (Å²) < 4.78 is 5.33. The molecular weight excluding hydrogens is 364 g/mol. The van der Waals surface area contributed by atoms with Crippen LogP contribution in [0.2, 0.25) is 5.02 Å². The first-order chi connectivity index (χ1) is 13.1. The smallest absolute Gasteiger partial charge is 0.259 e. The summed E-state index contributed by atoms with van der Waals surface area (Å²) in [5.41, 5.74) is 2.64. The maximum Gasteiger partial charge on any atom is 0.259 e. The molecule has 0 saturated carbocycles. The predicted molar refractivity (Wildman–Crippen MR) is 106 cm³/mol. The number of aryl methyl sites for hydroxylation is 1. The van der Waals surface area contributed by atoms with E-state index in [2.05, 4.69) is 20.6 Å². The summed E-state index contributed by atoms with van der Waals surface area (Å²) in [7, 11) is 1.63. The number of rotatable bonds is 6. The molecule has 0 saturated heterocycles. The van der Waals surface area contributed by atoms with E-state index >= 15 is 0 Å². The van der Waals surface area contributed by atoms with Crippen molar-refractivity contribution >= 4 is 29.1 Å². The van der Waals surface area contributed by atoms with Crippen LogP contribution in [0.5, 0.6) is 5.75 Å². The molecule has 2 N–H and O–H groups in total. The van der Waals surface area contributed by atoms with Crippen LogP contribution >= 0.6 is 11.6 Å². The summed E-state index contributed by atoms with van der Waals surface area (Å²) in [6.07, 6.45) is 1.51. The molecule has 1 heterocycles. The quantitative estimate of drug-likeness (QED) is 0.664. The van der Waals surface area contributed by atoms with Crippen LogP contribution in [0.4, 0.5) is 11.6 Å². The first-order valence-corrected chi connectivity index (χ1v) is 8.71. The van der Waals surface area contributed by atoms with E-state index in [1.807, 2.05) is 24.3 Å². The van der Waals surface area contributed by atoms with Crippen molar-refractivity contribution in [2.45, 2.75) is 13.5 Å². The zero-order chi connectivity index (χ0) is 19.2. The number of para-hydroxylation sites is 1. The van der Waals surface area contributed by atoms with E-state index in [9.17, 15) is 4.79 Å². The molecule has 1 aromatic heterocycles. The summed E-state index contributed by atoms with van der Waals surface area (Å²) in [5, 5.41) is 6.56. The lowest BCUT2D eigenvalue weighted by molar-refractivity contribution is 0.102. The van der Waals surface area contributed by atoms with E-state index in [4.69, 9.17) is 16.3 Å². The molecule has 0 fully saturated rings. The molecule has 7 heteroatoms. The number of carbonyl (C=O) groups is 1. The average molecular weight is 383 g/mol. The molecule has 3 rings (SSSR count). The van der Waals surface area contributed by atoms with Gasteiger partial charge < -0.3 is 15.4 Å². The molecule has 0 bridgehead atoms. The first-order valence-electron chi connectivity index (χ1n) is 8.33. The minimum atomic E-state index is -0.272. The molecule has 138 valence electrons. The summed E-state index contributed by atoms with van der Waals surface area (Å²) >= 11 is 5.85. The number of carbonyl (C=O) groups excluding carboxylic acids is 1. The molecule has 0 aliphatic rings. The Morgan fingerprint density at radius 2 is 1.89 bits per heavy atom. The van der Waals surface area contributed by atoms with Crippen molar-refractivity contribution in [1.29, 1.82) is 0 Å². The van der Waals surface area contributed by atoms with Crippen molar-refractivity contribution in [3.8, 4) is 5.75 Å². The Morgan fingerprint density at radius 3 is 2.59 bits per heavy atom. The van der Waals surface area contributed by atoms with Gasteiger partial charge in [0, 0.05) is 29.0 Å². The van der Waals surface area contributed by atoms with Gasteiger partial charge in [-0.25, -0.2) is 9.97 Å². The van der Waals surface area contributed by atoms with Gasteiger partial charge in [-0.2, -0.15) is 0 Å². The third-order valence-electron chi connectivity index (χ3n) is 3.96. The number of methoxy groups -OCH3 is 1. The van der Waals surface area contributed by atoms with Crippen molar-refractivity contribution in [3.63, 3.8) is 0 Å². The molecule has 0 atom stereocenters. The number of aromatic nitrogens is 2. The monoisotopic (exact) mass is 382 g/mol. The highest BCUT2D eigenvalue weighted by molar-refractivity contribution is 6.30. The number of halogens is 1. The molecule has 0 radical (unpaired) electrons. The van der Waals surface area contributed by atoms with E-state index in [1.54, 1.807) is 38.3 Å². The normalized spacial score (nSPS) is 10.3. The number of hydrogen-bond acceptors (Lipinski definition) is 5. The standard InChI is InChI=1S/C20H19ClN4O2/c1-13-17(19(26)25-16-9-7-15(21)8-10-16)12-23-20(24-13)22-11-14-5-3-4-6-18(14)27-2/h3-10,12H,11H2,1-2H3,(H,25,26)(H,22,23,24). The lowest BCUT2D eigenvalue weighted by Gasteiger charge is -2.11. The van der Waals surface area contributed by atoms with Crippen LogP contribution in [-0.2, 0) is 6.54 Å². The number of nitrogens with one attached hydrogen (secondary N) is 2. The molecule has 0 aliphatic carbocycles. The van der Waals surface area contributed by atoms with Gasteiger partial charge in [-0.1, -0.05) is 29.8 Å². The largest absolute Gasteiger partial charge is 0.496 e. The highest BCUT2D eigenvalue weighted by Gasteiger charge is 2.12. The summed E-state index contributed by atoms with van der Waals surface area (Å²) in [5.74, 6) is 0.966. The van der Waals surface area contributed by atoms with Crippen molar-refractivity contribution in [2.24, 2.45) is 0 Å². The van der Waals surface area contributed by atoms with Gasteiger partial charge in [0.05, 0.1) is 18.4 Å². The Morgan fingerprint density at radius 1 is 1.15 bits per heavy atom. The van der Waals surface area contributed by atoms with Crippen LogP contribution in [0.3, 0.4) is 0 Å². The lowest BCUT2D eigenvalue weighted by Crippen LogP contribution is -2.15. The van der Waals surface area contributed by atoms with E-state index in [1.165, 1.54) is 6.20 Å². The molecular formula is C20H19ClN4O2. The summed E-state index contributed by atoms with van der Waals surface area (Å²) in [6, 6.07) is 14.6. The zero-order valence-corrected chi connectivity index (χ0v) is 15.7. The van der Waals surface area contributed by atoms with E-state index in [0.29, 0.717) is 34.5 Å². The van der Waals surface area contributed by atoms with Crippen molar-refractivity contribution < 1.29 is 9.53 Å². The number of ether oxygens (including phenoxy) is 1. The SMILES string of the molecule is COc1ccccc1CNc1ncc(C(=O)Nc2ccc(Cl)cc2)c(C)n1. The molecule has 0 aliphatic heterocycles. The first kappa shape index (κ1) is 18.7. The van der Waals surface area contributed by atoms with Gasteiger partial charge in [-0.15, -0.1) is 0 Å². The molecule has 3 aromatic rings. The van der Waals surface area contributed by atoms with Gasteiger partial charge in [0.2, 0.25) is 5.95 Å². The van der Waals surface area contributed by atoms with Crippen LogP contribution in [-0.4, -0.2) is 23.0 Å². The fourth-order valence-corrected chi connectivity index (χ4v) is 2.66. The van der Waals surface area contributed by atoms with E-state index < -0.39 is 0 Å². The summed E-state index contributed by atoms with van der Waals surface area (Å²) in [6.45, 7) is 2.28. The maximum absolute atomic E-state index is 12.4. The second-order valence-electron chi connectivity index (χ2n) is 5.82. The molecule has 6 nitrogen and oxygen atoms in total. The van der Waals surface area contributed by atoms with Crippen molar-refractivity contribution in [3.05, 3.63) is 76.6 Å². The molecule has 1 amide bonds. The van der Waals surface area contributed by atoms with Crippen LogP contribution in [0, 0.1) is 6.92 Å². The topological polar surface area (TPSA) is 76.1 Å². The molecule has 0 unspecified atom stereocenters. The summed E-state index contributed by atoms with van der Waals surface area (Å²) in [4.78, 5) is 21.1. The van der Waals surface area contributed by atoms with Crippen LogP contribution in [0.25, 0.3) is 0 Å². The van der Waals surface area contributed by atoms with Crippen LogP contribution in [0.1, 0.15) is 21.6 Å². The maximum atomic E-state index is 12.4. The van der Waals surface area contributed by atoms with Crippen molar-refractivity contribution in [2.75, 3.05) is 17.7 Å². The second-order valence-corrected chi connectivity index (χ2v) is 6.26. The van der Waals surface area contributed by atoms with Crippen LogP contribution < -0.4 is 15.4 Å². The van der Waals surface area contributed by atoms with Gasteiger partial charge in [0.1, 0.15) is 5.75 Å². The van der Waals surface area contributed by atoms with Gasteiger partial charge >= 0.3 is 0 Å². The fraction of sp³-hybridized carbons (Fsp3) is 0.150. The Hall–Kier alpha value is -3.12. The van der Waals surface area contributed by atoms with Gasteiger partial charge in [-0.05, 0) is 37.3 Å². The fourth-order valence-electron chi connectivity index (χ4n) is 2.53. The minimum absolute atomic E-state index is 0.272. The third kappa shape index (κ3) is 4.74. The van der Waals surface area contributed by atoms with E-state index in [-0.39, 0.29) is 5.91 Å². The zero-order valence-electron chi connectivity index (χ0n) is 15.0. The number of nitrogens with zero attached hydrogens (tertiary/aromatic N) is 2. The predicted octanol–water partition coefficient (Wildman–Crippen LogP) is 4.31. The Balaban J connectivity index is 1.68. The third-order valence-corrected chi connectivity index (χ3v) is 4.21. The second kappa shape index (κ2) is 8.51. The number of amides is 1. The number of hydrogen-bond donors (Lipinski definition) is 2. The van der Waals surface area contributed by atoms with Gasteiger partial charge in [-0.3, -0.25) is 4.79 Å². The molecule has 2 aromatic carbocycles. The molecule has 0 spiro atoms. The Labute approximate surface area is 162 Å². The van der Waals surface area contributed by atoms with Crippen LogP contribution in [0.15, 0.2) is 54.7 Å². The highest BCUT2D eigenvalue weighted by atomic mass is 35.5. The van der Waals surface area contributed by atoms with Gasteiger partial charge in [0.15, 0.2) is 0 Å². The van der Waals surface area contributed by atoms with Gasteiger partial charge in [0.25, 0.3) is 5.91 Å². The highest BCUT2D eigenvalue weighted by Crippen LogP contribution is 2.19. The average Bonchev–Trinajstić information content (AvgIpc) is 2.68. The lowest BCUT2D eigenvalue weighted by atomic mass is 10.2. The number of anilines is 2.